The Morgan fingerprint density at radius 2 is 1.48 bits per heavy atom. The van der Waals surface area contributed by atoms with E-state index in [1.807, 2.05) is 4.90 Å². The number of hydrogen-bond donors (Lipinski definition) is 0. The number of nitro groups is 1. The van der Waals surface area contributed by atoms with E-state index in [1.54, 1.807) is 36.4 Å². The first-order valence-electron chi connectivity index (χ1n) is 9.30. The van der Waals surface area contributed by atoms with Crippen LogP contribution in [0.3, 0.4) is 0 Å². The number of carbonyl (C=O) groups is 2. The van der Waals surface area contributed by atoms with E-state index in [-0.39, 0.29) is 23.9 Å². The van der Waals surface area contributed by atoms with Crippen LogP contribution in [-0.2, 0) is 9.59 Å². The fourth-order valence-corrected chi connectivity index (χ4v) is 3.97. The lowest BCUT2D eigenvalue weighted by molar-refractivity contribution is -0.384. The zero-order valence-corrected chi connectivity index (χ0v) is 16.3. The fourth-order valence-electron chi connectivity index (χ4n) is 3.84. The van der Waals surface area contributed by atoms with Gasteiger partial charge in [0.2, 0.25) is 5.91 Å². The zero-order chi connectivity index (χ0) is 20.5. The molecule has 0 unspecified atom stereocenters. The summed E-state index contributed by atoms with van der Waals surface area (Å²) in [5.41, 5.74) is 1.51. The number of amides is 2. The third-order valence-electron chi connectivity index (χ3n) is 5.39. The maximum absolute atomic E-state index is 12.9. The summed E-state index contributed by atoms with van der Waals surface area (Å²) < 4.78 is 0. The lowest BCUT2D eigenvalue weighted by Gasteiger charge is -2.38. The Bertz CT molecular complexity index is 940. The highest BCUT2D eigenvalue weighted by molar-refractivity contribution is 6.30. The minimum absolute atomic E-state index is 0.0599. The number of piperazine rings is 1. The molecule has 29 heavy (non-hydrogen) atoms. The van der Waals surface area contributed by atoms with Gasteiger partial charge in [-0.05, 0) is 36.4 Å². The minimum Gasteiger partial charge on any atom is -0.369 e. The van der Waals surface area contributed by atoms with Gasteiger partial charge in [0.05, 0.1) is 23.1 Å². The van der Waals surface area contributed by atoms with Crippen LogP contribution in [0.25, 0.3) is 0 Å². The molecule has 0 aromatic heterocycles. The van der Waals surface area contributed by atoms with Gasteiger partial charge < -0.3 is 4.90 Å². The van der Waals surface area contributed by atoms with Crippen molar-refractivity contribution in [1.82, 2.24) is 4.90 Å². The van der Waals surface area contributed by atoms with Crippen LogP contribution in [0.1, 0.15) is 6.42 Å². The first kappa shape index (κ1) is 19.4. The number of carbonyl (C=O) groups excluding carboxylic acids is 2. The maximum atomic E-state index is 12.9. The molecule has 2 aromatic rings. The second kappa shape index (κ2) is 7.81. The van der Waals surface area contributed by atoms with E-state index in [2.05, 4.69) is 4.90 Å². The molecule has 150 valence electrons. The molecular weight excluding hydrogens is 396 g/mol. The molecular formula is C20H19ClN4O4. The molecule has 0 radical (unpaired) electrons. The van der Waals surface area contributed by atoms with Gasteiger partial charge in [-0.1, -0.05) is 11.6 Å². The highest BCUT2D eigenvalue weighted by Gasteiger charge is 2.43. The molecule has 0 spiro atoms. The van der Waals surface area contributed by atoms with Gasteiger partial charge in [-0.2, -0.15) is 0 Å². The van der Waals surface area contributed by atoms with Crippen LogP contribution in [0.15, 0.2) is 48.5 Å². The highest BCUT2D eigenvalue weighted by Crippen LogP contribution is 2.28. The van der Waals surface area contributed by atoms with Gasteiger partial charge in [0.1, 0.15) is 0 Å². The van der Waals surface area contributed by atoms with E-state index in [9.17, 15) is 19.7 Å². The quantitative estimate of drug-likeness (QED) is 0.434. The first-order chi connectivity index (χ1) is 13.9. The SMILES string of the molecule is O=C1C[C@H](N2CCN(c3ccc([N+](=O)[O-])cc3)CC2)C(=O)N1c1ccc(Cl)cc1. The van der Waals surface area contributed by atoms with Crippen LogP contribution in [0.2, 0.25) is 5.02 Å². The monoisotopic (exact) mass is 414 g/mol. The molecule has 0 N–H and O–H groups in total. The van der Waals surface area contributed by atoms with E-state index in [0.29, 0.717) is 36.9 Å². The van der Waals surface area contributed by atoms with E-state index < -0.39 is 11.0 Å². The van der Waals surface area contributed by atoms with Gasteiger partial charge in [0.25, 0.3) is 11.6 Å². The molecule has 2 fully saturated rings. The molecule has 9 heteroatoms. The second-order valence-electron chi connectivity index (χ2n) is 7.06. The summed E-state index contributed by atoms with van der Waals surface area (Å²) in [7, 11) is 0. The average Bonchev–Trinajstić information content (AvgIpc) is 3.03. The number of nitro benzene ring substituents is 1. The molecule has 2 aliphatic heterocycles. The Hall–Kier alpha value is -2.97. The van der Waals surface area contributed by atoms with E-state index in [1.165, 1.54) is 17.0 Å². The van der Waals surface area contributed by atoms with E-state index in [0.717, 1.165) is 5.69 Å². The molecule has 2 heterocycles. The van der Waals surface area contributed by atoms with Crippen LogP contribution >= 0.6 is 11.6 Å². The van der Waals surface area contributed by atoms with Crippen molar-refractivity contribution in [3.05, 3.63) is 63.7 Å². The largest absolute Gasteiger partial charge is 0.369 e. The lowest BCUT2D eigenvalue weighted by atomic mass is 10.1. The van der Waals surface area contributed by atoms with Crippen LogP contribution in [0.5, 0.6) is 0 Å². The van der Waals surface area contributed by atoms with E-state index in [4.69, 9.17) is 11.6 Å². The zero-order valence-electron chi connectivity index (χ0n) is 15.5. The van der Waals surface area contributed by atoms with Crippen molar-refractivity contribution in [2.45, 2.75) is 12.5 Å². The Balaban J connectivity index is 1.41. The van der Waals surface area contributed by atoms with Crippen LogP contribution in [-0.4, -0.2) is 53.9 Å². The van der Waals surface area contributed by atoms with Gasteiger partial charge >= 0.3 is 0 Å². The van der Waals surface area contributed by atoms with Gasteiger partial charge in [-0.3, -0.25) is 24.6 Å². The number of imide groups is 1. The van der Waals surface area contributed by atoms with Gasteiger partial charge in [-0.15, -0.1) is 0 Å². The van der Waals surface area contributed by atoms with Crippen molar-refractivity contribution in [3.8, 4) is 0 Å². The summed E-state index contributed by atoms with van der Waals surface area (Å²) in [6.07, 6.45) is 0.166. The average molecular weight is 415 g/mol. The smallest absolute Gasteiger partial charge is 0.269 e. The summed E-state index contributed by atoms with van der Waals surface area (Å²) in [5.74, 6) is -0.416. The van der Waals surface area contributed by atoms with Gasteiger partial charge in [0, 0.05) is 49.0 Å². The van der Waals surface area contributed by atoms with Crippen molar-refractivity contribution < 1.29 is 14.5 Å². The molecule has 0 aliphatic carbocycles. The molecule has 1 atom stereocenters. The predicted octanol–water partition coefficient (Wildman–Crippen LogP) is 2.70. The Morgan fingerprint density at radius 1 is 0.897 bits per heavy atom. The number of benzene rings is 2. The minimum atomic E-state index is -0.461. The number of anilines is 2. The molecule has 0 saturated carbocycles. The summed E-state index contributed by atoms with van der Waals surface area (Å²) in [6.45, 7) is 2.62. The topological polar surface area (TPSA) is 87.0 Å². The summed E-state index contributed by atoms with van der Waals surface area (Å²) in [6, 6.07) is 12.7. The van der Waals surface area contributed by atoms with Crippen molar-refractivity contribution in [2.24, 2.45) is 0 Å². The molecule has 0 bridgehead atoms. The molecule has 4 rings (SSSR count). The van der Waals surface area contributed by atoms with Gasteiger partial charge in [-0.25, -0.2) is 4.90 Å². The number of halogens is 1. The fraction of sp³-hybridized carbons (Fsp3) is 0.300. The predicted molar refractivity (Wildman–Crippen MR) is 109 cm³/mol. The van der Waals surface area contributed by atoms with Crippen LogP contribution < -0.4 is 9.80 Å². The van der Waals surface area contributed by atoms with Crippen LogP contribution in [0, 0.1) is 10.1 Å². The number of hydrogen-bond acceptors (Lipinski definition) is 6. The molecule has 2 aliphatic rings. The first-order valence-corrected chi connectivity index (χ1v) is 9.67. The highest BCUT2D eigenvalue weighted by atomic mass is 35.5. The van der Waals surface area contributed by atoms with Crippen molar-refractivity contribution in [1.29, 1.82) is 0 Å². The Kier molecular flexibility index (Phi) is 5.21. The maximum Gasteiger partial charge on any atom is 0.269 e. The molecule has 2 amide bonds. The summed E-state index contributed by atoms with van der Waals surface area (Å²) >= 11 is 5.90. The normalized spacial score (nSPS) is 20.4. The number of nitrogens with zero attached hydrogens (tertiary/aromatic N) is 4. The van der Waals surface area contributed by atoms with Gasteiger partial charge in [0.15, 0.2) is 0 Å². The third-order valence-corrected chi connectivity index (χ3v) is 5.64. The Morgan fingerprint density at radius 3 is 2.07 bits per heavy atom. The molecule has 2 saturated heterocycles. The van der Waals surface area contributed by atoms with Crippen molar-refractivity contribution >= 4 is 40.5 Å². The number of non-ortho nitro benzene ring substituents is 1. The standard InChI is InChI=1S/C20H19ClN4O4/c21-14-1-3-16(4-2-14)24-19(26)13-18(20(24)27)23-11-9-22(10-12-23)15-5-7-17(8-6-15)25(28)29/h1-8,18H,9-13H2/t18-/m0/s1. The van der Waals surface area contributed by atoms with E-state index >= 15 is 0 Å². The van der Waals surface area contributed by atoms with Crippen molar-refractivity contribution in [3.63, 3.8) is 0 Å². The summed E-state index contributed by atoms with van der Waals surface area (Å²) in [4.78, 5) is 41.2. The molecule has 2 aromatic carbocycles. The molecule has 8 nitrogen and oxygen atoms in total. The number of rotatable bonds is 4. The lowest BCUT2D eigenvalue weighted by Crippen LogP contribution is -2.52. The Labute approximate surface area is 172 Å². The van der Waals surface area contributed by atoms with Crippen LogP contribution in [0.4, 0.5) is 17.1 Å². The van der Waals surface area contributed by atoms with Crippen molar-refractivity contribution in [2.75, 3.05) is 36.0 Å². The summed E-state index contributed by atoms with van der Waals surface area (Å²) in [5, 5.41) is 11.3. The third kappa shape index (κ3) is 3.81. The second-order valence-corrected chi connectivity index (χ2v) is 7.50.